The molecule has 0 spiro atoms. The Hall–Kier alpha value is -0.170. The molecule has 5 nitrogen and oxygen atoms in total. The number of nitrogens with one attached hydrogen (secondary N) is 1. The summed E-state index contributed by atoms with van der Waals surface area (Å²) in [6.45, 7) is 4.14. The van der Waals surface area contributed by atoms with Crippen LogP contribution in [0.3, 0.4) is 0 Å². The fraction of sp³-hybridized carbons (Fsp3) is 1.00. The molecule has 21 heavy (non-hydrogen) atoms. The number of hydrogen-bond donors (Lipinski definition) is 1. The van der Waals surface area contributed by atoms with Gasteiger partial charge in [0.15, 0.2) is 0 Å². The van der Waals surface area contributed by atoms with Crippen LogP contribution in [0.25, 0.3) is 0 Å². The van der Waals surface area contributed by atoms with E-state index < -0.39 is 10.0 Å². The van der Waals surface area contributed by atoms with E-state index in [1.807, 2.05) is 14.0 Å². The highest BCUT2D eigenvalue weighted by Gasteiger charge is 2.38. The Morgan fingerprint density at radius 2 is 2.05 bits per heavy atom. The molecule has 1 heterocycles. The average Bonchev–Trinajstić information content (AvgIpc) is 3.26. The van der Waals surface area contributed by atoms with Crippen LogP contribution < -0.4 is 5.32 Å². The lowest BCUT2D eigenvalue weighted by Crippen LogP contribution is -2.46. The van der Waals surface area contributed by atoms with E-state index in [0.717, 1.165) is 25.9 Å². The zero-order valence-corrected chi connectivity index (χ0v) is 14.4. The molecule has 1 aliphatic carbocycles. The average molecular weight is 318 g/mol. The number of piperidine rings is 1. The number of sulfonamides is 1. The molecule has 3 unspecified atom stereocenters. The zero-order chi connectivity index (χ0) is 15.5. The third-order valence-electron chi connectivity index (χ3n) is 4.75. The van der Waals surface area contributed by atoms with E-state index in [0.29, 0.717) is 31.0 Å². The SMILES string of the molecule is CCOC(C1CC1)C(CC1CCCN(S(C)(=O)=O)C1)NC. The second kappa shape index (κ2) is 7.40. The normalized spacial score (nSPS) is 27.5. The molecule has 0 bridgehead atoms. The second-order valence-corrected chi connectivity index (χ2v) is 8.50. The summed E-state index contributed by atoms with van der Waals surface area (Å²) in [6.07, 6.45) is 7.23. The van der Waals surface area contributed by atoms with Crippen molar-refractivity contribution in [2.24, 2.45) is 11.8 Å². The molecule has 2 rings (SSSR count). The highest BCUT2D eigenvalue weighted by Crippen LogP contribution is 2.37. The Bertz CT molecular complexity index is 423. The summed E-state index contributed by atoms with van der Waals surface area (Å²) in [5.74, 6) is 1.13. The van der Waals surface area contributed by atoms with Crippen molar-refractivity contribution in [3.05, 3.63) is 0 Å². The maximum atomic E-state index is 11.7. The molecule has 2 fully saturated rings. The Labute approximate surface area is 129 Å². The quantitative estimate of drug-likeness (QED) is 0.736. The molecule has 1 saturated carbocycles. The summed E-state index contributed by atoms with van der Waals surface area (Å²) in [4.78, 5) is 0. The minimum Gasteiger partial charge on any atom is -0.377 e. The highest BCUT2D eigenvalue weighted by atomic mass is 32.2. The molecular weight excluding hydrogens is 288 g/mol. The van der Waals surface area contributed by atoms with Crippen LogP contribution in [0.5, 0.6) is 0 Å². The number of hydrogen-bond acceptors (Lipinski definition) is 4. The van der Waals surface area contributed by atoms with Crippen LogP contribution in [0.4, 0.5) is 0 Å². The summed E-state index contributed by atoms with van der Waals surface area (Å²) < 4.78 is 31.1. The monoisotopic (exact) mass is 318 g/mol. The van der Waals surface area contributed by atoms with Crippen LogP contribution in [0.15, 0.2) is 0 Å². The fourth-order valence-electron chi connectivity index (χ4n) is 3.49. The summed E-state index contributed by atoms with van der Waals surface area (Å²) in [5, 5.41) is 3.42. The van der Waals surface area contributed by atoms with Gasteiger partial charge in [-0.3, -0.25) is 0 Å². The molecule has 6 heteroatoms. The van der Waals surface area contributed by atoms with Crippen molar-refractivity contribution in [3.8, 4) is 0 Å². The Morgan fingerprint density at radius 1 is 1.33 bits per heavy atom. The smallest absolute Gasteiger partial charge is 0.211 e. The van der Waals surface area contributed by atoms with Gasteiger partial charge in [-0.05, 0) is 57.9 Å². The third kappa shape index (κ3) is 4.91. The Balaban J connectivity index is 1.94. The van der Waals surface area contributed by atoms with E-state index >= 15 is 0 Å². The Kier molecular flexibility index (Phi) is 6.05. The van der Waals surface area contributed by atoms with E-state index in [9.17, 15) is 8.42 Å². The maximum absolute atomic E-state index is 11.7. The zero-order valence-electron chi connectivity index (χ0n) is 13.5. The largest absolute Gasteiger partial charge is 0.377 e. The number of rotatable bonds is 8. The Morgan fingerprint density at radius 3 is 2.57 bits per heavy atom. The maximum Gasteiger partial charge on any atom is 0.211 e. The van der Waals surface area contributed by atoms with Crippen LogP contribution in [-0.2, 0) is 14.8 Å². The lowest BCUT2D eigenvalue weighted by Gasteiger charge is -2.35. The molecule has 3 atom stereocenters. The standard InChI is InChI=1S/C15H30N2O3S/c1-4-20-15(13-7-8-13)14(16-2)10-12-6-5-9-17(11-12)21(3,18)19/h12-16H,4-11H2,1-3H3. The van der Waals surface area contributed by atoms with E-state index in [4.69, 9.17) is 4.74 Å². The van der Waals surface area contributed by atoms with Gasteiger partial charge in [0.25, 0.3) is 0 Å². The molecule has 2 aliphatic rings. The molecular formula is C15H30N2O3S. The molecule has 0 aromatic heterocycles. The number of ether oxygens (including phenoxy) is 1. The first-order valence-electron chi connectivity index (χ1n) is 8.19. The van der Waals surface area contributed by atoms with Gasteiger partial charge in [0.05, 0.1) is 12.4 Å². The van der Waals surface area contributed by atoms with Crippen molar-refractivity contribution in [3.63, 3.8) is 0 Å². The third-order valence-corrected chi connectivity index (χ3v) is 6.02. The minimum atomic E-state index is -3.05. The van der Waals surface area contributed by atoms with Crippen molar-refractivity contribution in [1.29, 1.82) is 0 Å². The van der Waals surface area contributed by atoms with Gasteiger partial charge < -0.3 is 10.1 Å². The van der Waals surface area contributed by atoms with Gasteiger partial charge >= 0.3 is 0 Å². The van der Waals surface area contributed by atoms with Crippen molar-refractivity contribution < 1.29 is 13.2 Å². The minimum absolute atomic E-state index is 0.286. The summed E-state index contributed by atoms with van der Waals surface area (Å²) in [7, 11) is -1.06. The van der Waals surface area contributed by atoms with Crippen LogP contribution >= 0.6 is 0 Å². The van der Waals surface area contributed by atoms with Gasteiger partial charge in [0, 0.05) is 25.7 Å². The molecule has 0 aromatic rings. The van der Waals surface area contributed by atoms with E-state index in [2.05, 4.69) is 5.32 Å². The van der Waals surface area contributed by atoms with Crippen LogP contribution in [0.1, 0.15) is 39.0 Å². The number of likely N-dealkylation sites (N-methyl/N-ethyl adjacent to an activating group) is 1. The van der Waals surface area contributed by atoms with E-state index in [-0.39, 0.29) is 6.10 Å². The van der Waals surface area contributed by atoms with Crippen molar-refractivity contribution >= 4 is 10.0 Å². The van der Waals surface area contributed by atoms with Gasteiger partial charge in [-0.1, -0.05) is 0 Å². The topological polar surface area (TPSA) is 58.6 Å². The molecule has 0 aromatic carbocycles. The summed E-state index contributed by atoms with van der Waals surface area (Å²) >= 11 is 0. The second-order valence-electron chi connectivity index (χ2n) is 6.52. The first kappa shape index (κ1) is 17.2. The summed E-state index contributed by atoms with van der Waals surface area (Å²) in [5.41, 5.74) is 0. The molecule has 0 radical (unpaired) electrons. The fourth-order valence-corrected chi connectivity index (χ4v) is 4.44. The van der Waals surface area contributed by atoms with Crippen molar-refractivity contribution in [2.75, 3.05) is 33.0 Å². The molecule has 124 valence electrons. The van der Waals surface area contributed by atoms with Gasteiger partial charge in [-0.2, -0.15) is 0 Å². The van der Waals surface area contributed by atoms with Gasteiger partial charge in [0.1, 0.15) is 0 Å². The molecule has 1 N–H and O–H groups in total. The highest BCUT2D eigenvalue weighted by molar-refractivity contribution is 7.88. The lowest BCUT2D eigenvalue weighted by molar-refractivity contribution is 0.0126. The van der Waals surface area contributed by atoms with Crippen LogP contribution in [0, 0.1) is 11.8 Å². The van der Waals surface area contributed by atoms with Crippen molar-refractivity contribution in [1.82, 2.24) is 9.62 Å². The van der Waals surface area contributed by atoms with E-state index in [1.54, 1.807) is 4.31 Å². The predicted molar refractivity (Wildman–Crippen MR) is 84.7 cm³/mol. The molecule has 0 amide bonds. The van der Waals surface area contributed by atoms with Gasteiger partial charge in [0.2, 0.25) is 10.0 Å². The predicted octanol–water partition coefficient (Wildman–Crippen LogP) is 1.45. The summed E-state index contributed by atoms with van der Waals surface area (Å²) in [6, 6.07) is 0.335. The first-order valence-corrected chi connectivity index (χ1v) is 10.0. The first-order chi connectivity index (χ1) is 9.95. The number of nitrogens with zero attached hydrogens (tertiary/aromatic N) is 1. The van der Waals surface area contributed by atoms with Crippen molar-refractivity contribution in [2.45, 2.75) is 51.2 Å². The van der Waals surface area contributed by atoms with Crippen LogP contribution in [0.2, 0.25) is 0 Å². The van der Waals surface area contributed by atoms with Gasteiger partial charge in [-0.15, -0.1) is 0 Å². The van der Waals surface area contributed by atoms with Gasteiger partial charge in [-0.25, -0.2) is 12.7 Å². The molecule has 1 saturated heterocycles. The lowest BCUT2D eigenvalue weighted by atomic mass is 9.89. The molecule has 1 aliphatic heterocycles. The van der Waals surface area contributed by atoms with E-state index in [1.165, 1.54) is 19.1 Å². The van der Waals surface area contributed by atoms with Crippen LogP contribution in [-0.4, -0.2) is 57.9 Å².